The van der Waals surface area contributed by atoms with Crippen molar-refractivity contribution in [3.05, 3.63) is 59.8 Å². The molecule has 0 atom stereocenters. The summed E-state index contributed by atoms with van der Waals surface area (Å²) in [5, 5.41) is 14.0. The van der Waals surface area contributed by atoms with Crippen LogP contribution in [-0.4, -0.2) is 29.4 Å². The summed E-state index contributed by atoms with van der Waals surface area (Å²) in [6.07, 6.45) is 3.56. The van der Waals surface area contributed by atoms with E-state index >= 15 is 0 Å². The van der Waals surface area contributed by atoms with Crippen LogP contribution in [0.5, 0.6) is 5.75 Å². The molecule has 0 bridgehead atoms. The standard InChI is InChI=1S/C17H15N3O3/c1-23-14-6-7-16-15(8-14)12(9-18-16)10-19-20-13-4-2-11(3-5-13)17(21)22/h2-10,18,20H,1H3,(H,21,22)/b19-10+. The van der Waals surface area contributed by atoms with Crippen LogP contribution in [0.25, 0.3) is 10.9 Å². The van der Waals surface area contributed by atoms with Gasteiger partial charge in [-0.2, -0.15) is 5.10 Å². The number of methoxy groups -OCH3 is 1. The smallest absolute Gasteiger partial charge is 0.335 e. The lowest BCUT2D eigenvalue weighted by Gasteiger charge is -2.01. The van der Waals surface area contributed by atoms with Gasteiger partial charge in [0.2, 0.25) is 0 Å². The van der Waals surface area contributed by atoms with Crippen molar-refractivity contribution in [2.45, 2.75) is 0 Å². The molecule has 2 aromatic carbocycles. The topological polar surface area (TPSA) is 86.7 Å². The molecule has 0 aliphatic rings. The number of aromatic nitrogens is 1. The van der Waals surface area contributed by atoms with Gasteiger partial charge in [0.1, 0.15) is 5.75 Å². The predicted molar refractivity (Wildman–Crippen MR) is 89.5 cm³/mol. The van der Waals surface area contributed by atoms with Gasteiger partial charge in [0.05, 0.1) is 24.6 Å². The van der Waals surface area contributed by atoms with E-state index in [4.69, 9.17) is 9.84 Å². The molecule has 3 aromatic rings. The third kappa shape index (κ3) is 3.16. The van der Waals surface area contributed by atoms with Crippen molar-refractivity contribution in [2.75, 3.05) is 12.5 Å². The summed E-state index contributed by atoms with van der Waals surface area (Å²) in [5.41, 5.74) is 5.75. The van der Waals surface area contributed by atoms with Crippen molar-refractivity contribution in [1.82, 2.24) is 4.98 Å². The molecule has 0 unspecified atom stereocenters. The molecule has 6 nitrogen and oxygen atoms in total. The number of hydrogen-bond acceptors (Lipinski definition) is 4. The second kappa shape index (κ2) is 6.23. The monoisotopic (exact) mass is 309 g/mol. The van der Waals surface area contributed by atoms with E-state index in [0.717, 1.165) is 22.2 Å². The third-order valence-electron chi connectivity index (χ3n) is 3.45. The molecule has 0 amide bonds. The number of anilines is 1. The number of carbonyl (C=O) groups is 1. The number of nitrogens with zero attached hydrogens (tertiary/aromatic N) is 1. The SMILES string of the molecule is COc1ccc2[nH]cc(/C=N/Nc3ccc(C(=O)O)cc3)c2c1. The van der Waals surface area contributed by atoms with Crippen LogP contribution in [0.1, 0.15) is 15.9 Å². The van der Waals surface area contributed by atoms with E-state index in [-0.39, 0.29) is 5.56 Å². The molecule has 0 saturated heterocycles. The zero-order valence-corrected chi connectivity index (χ0v) is 12.4. The predicted octanol–water partition coefficient (Wildman–Crippen LogP) is 3.32. The summed E-state index contributed by atoms with van der Waals surface area (Å²) in [5.74, 6) is -0.170. The molecule has 1 aromatic heterocycles. The molecular formula is C17H15N3O3. The van der Waals surface area contributed by atoms with Crippen LogP contribution in [0.3, 0.4) is 0 Å². The first-order chi connectivity index (χ1) is 11.2. The number of nitrogens with one attached hydrogen (secondary N) is 2. The van der Waals surface area contributed by atoms with Crippen LogP contribution in [0.15, 0.2) is 53.8 Å². The first-order valence-corrected chi connectivity index (χ1v) is 6.95. The van der Waals surface area contributed by atoms with Crippen molar-refractivity contribution in [1.29, 1.82) is 0 Å². The van der Waals surface area contributed by atoms with E-state index in [0.29, 0.717) is 5.69 Å². The maximum absolute atomic E-state index is 10.8. The quantitative estimate of drug-likeness (QED) is 0.498. The molecule has 0 spiro atoms. The van der Waals surface area contributed by atoms with Crippen molar-refractivity contribution >= 4 is 28.8 Å². The van der Waals surface area contributed by atoms with E-state index in [9.17, 15) is 4.79 Å². The average molecular weight is 309 g/mol. The second-order valence-electron chi connectivity index (χ2n) is 4.91. The fourth-order valence-corrected chi connectivity index (χ4v) is 2.22. The van der Waals surface area contributed by atoms with E-state index in [1.54, 1.807) is 25.5 Å². The lowest BCUT2D eigenvalue weighted by atomic mass is 10.2. The number of fused-ring (bicyclic) bond motifs is 1. The lowest BCUT2D eigenvalue weighted by Crippen LogP contribution is -1.96. The number of rotatable bonds is 5. The molecule has 6 heteroatoms. The zero-order valence-electron chi connectivity index (χ0n) is 12.4. The lowest BCUT2D eigenvalue weighted by molar-refractivity contribution is 0.0697. The van der Waals surface area contributed by atoms with Gasteiger partial charge in [-0.15, -0.1) is 0 Å². The Kier molecular flexibility index (Phi) is 3.97. The van der Waals surface area contributed by atoms with Gasteiger partial charge in [0, 0.05) is 22.7 Å². The molecule has 116 valence electrons. The van der Waals surface area contributed by atoms with Crippen LogP contribution in [0.4, 0.5) is 5.69 Å². The Hall–Kier alpha value is -3.28. The summed E-state index contributed by atoms with van der Waals surface area (Å²) >= 11 is 0. The minimum absolute atomic E-state index is 0.239. The summed E-state index contributed by atoms with van der Waals surface area (Å²) in [6, 6.07) is 12.2. The van der Waals surface area contributed by atoms with Gasteiger partial charge in [-0.1, -0.05) is 0 Å². The Morgan fingerprint density at radius 2 is 2.04 bits per heavy atom. The third-order valence-corrected chi connectivity index (χ3v) is 3.45. The highest BCUT2D eigenvalue weighted by molar-refractivity contribution is 5.99. The van der Waals surface area contributed by atoms with Gasteiger partial charge in [0.15, 0.2) is 0 Å². The van der Waals surface area contributed by atoms with E-state index in [2.05, 4.69) is 15.5 Å². The van der Waals surface area contributed by atoms with Gasteiger partial charge in [-0.25, -0.2) is 4.79 Å². The summed E-state index contributed by atoms with van der Waals surface area (Å²) in [7, 11) is 1.63. The van der Waals surface area contributed by atoms with Gasteiger partial charge < -0.3 is 14.8 Å². The molecule has 3 rings (SSSR count). The summed E-state index contributed by atoms with van der Waals surface area (Å²) in [6.45, 7) is 0. The number of aromatic amines is 1. The normalized spacial score (nSPS) is 11.0. The number of H-pyrrole nitrogens is 1. The van der Waals surface area contributed by atoms with Crippen molar-refractivity contribution in [3.8, 4) is 5.75 Å². The van der Waals surface area contributed by atoms with E-state index in [1.165, 1.54) is 12.1 Å². The maximum atomic E-state index is 10.8. The first-order valence-electron chi connectivity index (χ1n) is 6.95. The van der Waals surface area contributed by atoms with Crippen LogP contribution in [0, 0.1) is 0 Å². The molecule has 23 heavy (non-hydrogen) atoms. The van der Waals surface area contributed by atoms with Gasteiger partial charge in [0.25, 0.3) is 0 Å². The zero-order chi connectivity index (χ0) is 16.2. The van der Waals surface area contributed by atoms with Crippen LogP contribution >= 0.6 is 0 Å². The minimum Gasteiger partial charge on any atom is -0.497 e. The van der Waals surface area contributed by atoms with Crippen LogP contribution in [-0.2, 0) is 0 Å². The molecule has 1 heterocycles. The van der Waals surface area contributed by atoms with E-state index < -0.39 is 5.97 Å². The maximum Gasteiger partial charge on any atom is 0.335 e. The van der Waals surface area contributed by atoms with Gasteiger partial charge >= 0.3 is 5.97 Å². The summed E-state index contributed by atoms with van der Waals surface area (Å²) < 4.78 is 5.23. The first kappa shape index (κ1) is 14.6. The Morgan fingerprint density at radius 3 is 2.74 bits per heavy atom. The number of aromatic carboxylic acids is 1. The fraction of sp³-hybridized carbons (Fsp3) is 0.0588. The Balaban J connectivity index is 1.76. The number of ether oxygens (including phenoxy) is 1. The second-order valence-corrected chi connectivity index (χ2v) is 4.91. The molecule has 3 N–H and O–H groups in total. The Bertz CT molecular complexity index is 866. The number of hydrazone groups is 1. The average Bonchev–Trinajstić information content (AvgIpc) is 2.97. The number of benzene rings is 2. The fourth-order valence-electron chi connectivity index (χ4n) is 2.22. The van der Waals surface area contributed by atoms with Crippen molar-refractivity contribution in [3.63, 3.8) is 0 Å². The van der Waals surface area contributed by atoms with Gasteiger partial charge in [-0.3, -0.25) is 5.43 Å². The molecular weight excluding hydrogens is 294 g/mol. The molecule has 0 saturated carbocycles. The number of carboxylic acids is 1. The number of hydrogen-bond donors (Lipinski definition) is 3. The summed E-state index contributed by atoms with van der Waals surface area (Å²) in [4.78, 5) is 14.0. The van der Waals surface area contributed by atoms with Crippen LogP contribution < -0.4 is 10.2 Å². The van der Waals surface area contributed by atoms with Crippen LogP contribution in [0.2, 0.25) is 0 Å². The Labute approximate surface area is 132 Å². The highest BCUT2D eigenvalue weighted by Crippen LogP contribution is 2.22. The van der Waals surface area contributed by atoms with Crippen molar-refractivity contribution in [2.24, 2.45) is 5.10 Å². The number of carboxylic acid groups (broad SMARTS) is 1. The molecule has 0 aliphatic carbocycles. The molecule has 0 radical (unpaired) electrons. The Morgan fingerprint density at radius 1 is 1.26 bits per heavy atom. The van der Waals surface area contributed by atoms with Crippen molar-refractivity contribution < 1.29 is 14.6 Å². The van der Waals surface area contributed by atoms with Gasteiger partial charge in [-0.05, 0) is 42.5 Å². The highest BCUT2D eigenvalue weighted by Gasteiger charge is 2.03. The highest BCUT2D eigenvalue weighted by atomic mass is 16.5. The molecule has 0 fully saturated rings. The van der Waals surface area contributed by atoms with E-state index in [1.807, 2.05) is 24.4 Å². The molecule has 0 aliphatic heterocycles. The minimum atomic E-state index is -0.951. The largest absolute Gasteiger partial charge is 0.497 e.